The standard InChI is InChI=1S/C13H17NO6S/c1-3-4-14(7-13(15)16)21(17,18)12-6-11-10(5-9(12)2)19-8-20-11/h5-6H,3-4,7-8H2,1-2H3,(H,15,16). The first kappa shape index (κ1) is 15.6. The van der Waals surface area contributed by atoms with Crippen molar-refractivity contribution in [1.29, 1.82) is 0 Å². The van der Waals surface area contributed by atoms with Crippen molar-refractivity contribution in [3.63, 3.8) is 0 Å². The van der Waals surface area contributed by atoms with E-state index in [0.717, 1.165) is 4.31 Å². The summed E-state index contributed by atoms with van der Waals surface area (Å²) in [4.78, 5) is 10.9. The van der Waals surface area contributed by atoms with Crippen LogP contribution in [-0.2, 0) is 14.8 Å². The molecule has 1 aromatic carbocycles. The van der Waals surface area contributed by atoms with Gasteiger partial charge in [0.05, 0.1) is 4.90 Å². The molecule has 1 N–H and O–H groups in total. The summed E-state index contributed by atoms with van der Waals surface area (Å²) in [6, 6.07) is 2.97. The van der Waals surface area contributed by atoms with Crippen LogP contribution >= 0.6 is 0 Å². The molecule has 0 unspecified atom stereocenters. The molecule has 21 heavy (non-hydrogen) atoms. The van der Waals surface area contributed by atoms with E-state index in [9.17, 15) is 13.2 Å². The third kappa shape index (κ3) is 3.11. The Morgan fingerprint density at radius 2 is 1.95 bits per heavy atom. The van der Waals surface area contributed by atoms with Crippen LogP contribution in [0.2, 0.25) is 0 Å². The fraction of sp³-hybridized carbons (Fsp3) is 0.462. The molecule has 1 aliphatic heterocycles. The topological polar surface area (TPSA) is 93.1 Å². The number of aliphatic carboxylic acids is 1. The minimum absolute atomic E-state index is 0.0430. The second-order valence-electron chi connectivity index (χ2n) is 4.70. The van der Waals surface area contributed by atoms with Gasteiger partial charge in [0.1, 0.15) is 6.54 Å². The van der Waals surface area contributed by atoms with Crippen molar-refractivity contribution in [2.75, 3.05) is 19.9 Å². The number of carboxylic acids is 1. The van der Waals surface area contributed by atoms with Gasteiger partial charge in [-0.2, -0.15) is 4.31 Å². The third-order valence-electron chi connectivity index (χ3n) is 3.07. The molecule has 0 amide bonds. The van der Waals surface area contributed by atoms with E-state index < -0.39 is 22.5 Å². The number of carboxylic acid groups (broad SMARTS) is 1. The zero-order valence-electron chi connectivity index (χ0n) is 11.8. The molecule has 0 spiro atoms. The number of fused-ring (bicyclic) bond motifs is 1. The maximum Gasteiger partial charge on any atom is 0.318 e. The summed E-state index contributed by atoms with van der Waals surface area (Å²) in [6.45, 7) is 3.05. The molecule has 2 rings (SSSR count). The van der Waals surface area contributed by atoms with E-state index >= 15 is 0 Å². The minimum Gasteiger partial charge on any atom is -0.480 e. The summed E-state index contributed by atoms with van der Waals surface area (Å²) < 4.78 is 36.6. The molecule has 1 aromatic rings. The highest BCUT2D eigenvalue weighted by molar-refractivity contribution is 7.89. The van der Waals surface area contributed by atoms with E-state index in [0.29, 0.717) is 23.5 Å². The summed E-state index contributed by atoms with van der Waals surface area (Å²) in [7, 11) is -3.89. The number of hydrogen-bond acceptors (Lipinski definition) is 5. The lowest BCUT2D eigenvalue weighted by atomic mass is 10.2. The first-order valence-electron chi connectivity index (χ1n) is 6.48. The highest BCUT2D eigenvalue weighted by atomic mass is 32.2. The molecule has 0 radical (unpaired) electrons. The van der Waals surface area contributed by atoms with Gasteiger partial charge >= 0.3 is 5.97 Å². The van der Waals surface area contributed by atoms with E-state index in [2.05, 4.69) is 0 Å². The Bertz CT molecular complexity index is 655. The summed E-state index contributed by atoms with van der Waals surface area (Å²) >= 11 is 0. The molecular weight excluding hydrogens is 298 g/mol. The largest absolute Gasteiger partial charge is 0.480 e. The van der Waals surface area contributed by atoms with E-state index in [4.69, 9.17) is 14.6 Å². The second kappa shape index (κ2) is 5.90. The van der Waals surface area contributed by atoms with Crippen molar-refractivity contribution in [2.24, 2.45) is 0 Å². The van der Waals surface area contributed by atoms with Gasteiger partial charge in [-0.15, -0.1) is 0 Å². The van der Waals surface area contributed by atoms with Gasteiger partial charge in [-0.1, -0.05) is 6.92 Å². The van der Waals surface area contributed by atoms with Crippen molar-refractivity contribution in [3.05, 3.63) is 17.7 Å². The highest BCUT2D eigenvalue weighted by Crippen LogP contribution is 2.37. The average Bonchev–Trinajstić information content (AvgIpc) is 2.83. The van der Waals surface area contributed by atoms with Crippen molar-refractivity contribution in [2.45, 2.75) is 25.2 Å². The SMILES string of the molecule is CCCN(CC(=O)O)S(=O)(=O)c1cc2c(cc1C)OCO2. The number of sulfonamides is 1. The van der Waals surface area contributed by atoms with Crippen LogP contribution in [0.25, 0.3) is 0 Å². The normalized spacial score (nSPS) is 13.7. The number of aryl methyl sites for hydroxylation is 1. The van der Waals surface area contributed by atoms with Gasteiger partial charge in [-0.3, -0.25) is 4.79 Å². The molecule has 0 aliphatic carbocycles. The Kier molecular flexibility index (Phi) is 4.38. The van der Waals surface area contributed by atoms with Crippen LogP contribution in [0.1, 0.15) is 18.9 Å². The maximum atomic E-state index is 12.6. The van der Waals surface area contributed by atoms with E-state index in [1.54, 1.807) is 19.9 Å². The van der Waals surface area contributed by atoms with E-state index in [1.165, 1.54) is 6.07 Å². The van der Waals surface area contributed by atoms with Gasteiger partial charge in [0.25, 0.3) is 0 Å². The lowest BCUT2D eigenvalue weighted by Gasteiger charge is -2.21. The summed E-state index contributed by atoms with van der Waals surface area (Å²) in [5, 5.41) is 8.89. The van der Waals surface area contributed by atoms with Crippen LogP contribution in [0.3, 0.4) is 0 Å². The third-order valence-corrected chi connectivity index (χ3v) is 5.06. The Hall–Kier alpha value is -1.80. The monoisotopic (exact) mass is 315 g/mol. The fourth-order valence-corrected chi connectivity index (χ4v) is 3.83. The van der Waals surface area contributed by atoms with Crippen molar-refractivity contribution >= 4 is 16.0 Å². The zero-order valence-corrected chi connectivity index (χ0v) is 12.6. The summed E-state index contributed by atoms with van der Waals surface area (Å²) in [5.41, 5.74) is 0.491. The van der Waals surface area contributed by atoms with Crippen molar-refractivity contribution < 1.29 is 27.8 Å². The number of nitrogens with zero attached hydrogens (tertiary/aromatic N) is 1. The van der Waals surface area contributed by atoms with Crippen LogP contribution in [0.5, 0.6) is 11.5 Å². The Balaban J connectivity index is 2.44. The lowest BCUT2D eigenvalue weighted by Crippen LogP contribution is -2.36. The molecule has 0 fully saturated rings. The molecular formula is C13H17NO6S. The number of rotatable bonds is 6. The van der Waals surface area contributed by atoms with Crippen LogP contribution in [0.15, 0.2) is 17.0 Å². The fourth-order valence-electron chi connectivity index (χ4n) is 2.13. The Morgan fingerprint density at radius 3 is 2.52 bits per heavy atom. The van der Waals surface area contributed by atoms with Gasteiger partial charge in [-0.05, 0) is 25.0 Å². The quantitative estimate of drug-likeness (QED) is 0.848. The van der Waals surface area contributed by atoms with Crippen LogP contribution in [0.4, 0.5) is 0 Å². The molecule has 0 bridgehead atoms. The molecule has 1 heterocycles. The molecule has 1 aliphatic rings. The lowest BCUT2D eigenvalue weighted by molar-refractivity contribution is -0.137. The summed E-state index contributed by atoms with van der Waals surface area (Å²) in [6.07, 6.45) is 0.524. The predicted octanol–water partition coefficient (Wildman–Crippen LogP) is 1.21. The van der Waals surface area contributed by atoms with Gasteiger partial charge in [0.2, 0.25) is 16.8 Å². The number of carbonyl (C=O) groups is 1. The predicted molar refractivity (Wildman–Crippen MR) is 74.0 cm³/mol. The Labute approximate surface area is 123 Å². The first-order valence-corrected chi connectivity index (χ1v) is 7.92. The van der Waals surface area contributed by atoms with Crippen LogP contribution in [0, 0.1) is 6.92 Å². The Morgan fingerprint density at radius 1 is 1.33 bits per heavy atom. The highest BCUT2D eigenvalue weighted by Gasteiger charge is 2.29. The van der Waals surface area contributed by atoms with Crippen molar-refractivity contribution in [1.82, 2.24) is 4.31 Å². The average molecular weight is 315 g/mol. The number of benzene rings is 1. The van der Waals surface area contributed by atoms with Crippen LogP contribution < -0.4 is 9.47 Å². The molecule has 0 saturated carbocycles. The molecule has 0 atom stereocenters. The molecule has 0 aromatic heterocycles. The van der Waals surface area contributed by atoms with E-state index in [1.807, 2.05) is 0 Å². The molecule has 0 saturated heterocycles. The van der Waals surface area contributed by atoms with Gasteiger partial charge in [0, 0.05) is 12.6 Å². The molecule has 8 heteroatoms. The van der Waals surface area contributed by atoms with Gasteiger partial charge in [-0.25, -0.2) is 8.42 Å². The van der Waals surface area contributed by atoms with E-state index in [-0.39, 0.29) is 18.2 Å². The van der Waals surface area contributed by atoms with Crippen LogP contribution in [-0.4, -0.2) is 43.7 Å². The van der Waals surface area contributed by atoms with Gasteiger partial charge < -0.3 is 14.6 Å². The second-order valence-corrected chi connectivity index (χ2v) is 6.61. The number of ether oxygens (including phenoxy) is 2. The number of hydrogen-bond donors (Lipinski definition) is 1. The van der Waals surface area contributed by atoms with Crippen molar-refractivity contribution in [3.8, 4) is 11.5 Å². The maximum absolute atomic E-state index is 12.6. The first-order chi connectivity index (χ1) is 9.86. The molecule has 116 valence electrons. The smallest absolute Gasteiger partial charge is 0.318 e. The summed E-state index contributed by atoms with van der Waals surface area (Å²) in [5.74, 6) is -0.344. The zero-order chi connectivity index (χ0) is 15.6. The van der Waals surface area contributed by atoms with Gasteiger partial charge in [0.15, 0.2) is 11.5 Å². The molecule has 7 nitrogen and oxygen atoms in total. The minimum atomic E-state index is -3.89.